The standard InChI is InChI=1S/C17H32/c1-9-16-10-13(4)17(11-16,12(2)3)15(16,8)14(5,6)7/h12-13H,9-11H2,1-8H3. The molecule has 17 heavy (non-hydrogen) atoms. The summed E-state index contributed by atoms with van der Waals surface area (Å²) in [5.41, 5.74) is 2.18. The van der Waals surface area contributed by atoms with E-state index in [2.05, 4.69) is 55.4 Å². The van der Waals surface area contributed by atoms with Crippen LogP contribution in [0.2, 0.25) is 0 Å². The summed E-state index contributed by atoms with van der Waals surface area (Å²) < 4.78 is 0. The minimum Gasteiger partial charge on any atom is -0.0648 e. The highest BCUT2D eigenvalue weighted by Crippen LogP contribution is 2.87. The first kappa shape index (κ1) is 13.4. The lowest BCUT2D eigenvalue weighted by Gasteiger charge is -2.72. The van der Waals surface area contributed by atoms with E-state index in [1.54, 1.807) is 0 Å². The van der Waals surface area contributed by atoms with Crippen molar-refractivity contribution in [2.75, 3.05) is 0 Å². The highest BCUT2D eigenvalue weighted by atomic mass is 14.8. The molecule has 0 aromatic heterocycles. The Bertz CT molecular complexity index is 321. The molecule has 0 radical (unpaired) electrons. The van der Waals surface area contributed by atoms with E-state index < -0.39 is 0 Å². The second kappa shape index (κ2) is 3.31. The molecular weight excluding hydrogens is 204 g/mol. The predicted octanol–water partition coefficient (Wildman–Crippen LogP) is 5.52. The smallest absolute Gasteiger partial charge is 0.0159 e. The largest absolute Gasteiger partial charge is 0.0648 e. The normalized spacial score (nSPS) is 49.6. The monoisotopic (exact) mass is 236 g/mol. The molecule has 0 amide bonds. The van der Waals surface area contributed by atoms with Crippen LogP contribution in [0.4, 0.5) is 0 Å². The topological polar surface area (TPSA) is 0 Å². The van der Waals surface area contributed by atoms with Crippen molar-refractivity contribution in [2.45, 2.75) is 74.7 Å². The third-order valence-electron chi connectivity index (χ3n) is 7.41. The summed E-state index contributed by atoms with van der Waals surface area (Å²) in [5.74, 6) is 1.73. The van der Waals surface area contributed by atoms with E-state index in [1.807, 2.05) is 0 Å². The van der Waals surface area contributed by atoms with Crippen molar-refractivity contribution in [3.8, 4) is 0 Å². The van der Waals surface area contributed by atoms with E-state index >= 15 is 0 Å². The van der Waals surface area contributed by atoms with Crippen LogP contribution in [0.5, 0.6) is 0 Å². The average Bonchev–Trinajstić information content (AvgIpc) is 2.60. The molecule has 0 nitrogen and oxygen atoms in total. The molecule has 2 bridgehead atoms. The van der Waals surface area contributed by atoms with Crippen molar-refractivity contribution >= 4 is 0 Å². The maximum Gasteiger partial charge on any atom is -0.0159 e. The van der Waals surface area contributed by atoms with Crippen molar-refractivity contribution in [3.63, 3.8) is 0 Å². The summed E-state index contributed by atoms with van der Waals surface area (Å²) in [6.07, 6.45) is 4.33. The maximum absolute atomic E-state index is 2.61. The van der Waals surface area contributed by atoms with Gasteiger partial charge in [0.15, 0.2) is 0 Å². The second-order valence-corrected chi connectivity index (χ2v) is 8.49. The van der Waals surface area contributed by atoms with Gasteiger partial charge in [-0.3, -0.25) is 0 Å². The van der Waals surface area contributed by atoms with Crippen LogP contribution < -0.4 is 0 Å². The molecule has 3 saturated carbocycles. The van der Waals surface area contributed by atoms with Gasteiger partial charge in [-0.2, -0.15) is 0 Å². The van der Waals surface area contributed by atoms with Gasteiger partial charge >= 0.3 is 0 Å². The minimum atomic E-state index is 0.427. The summed E-state index contributed by atoms with van der Waals surface area (Å²) in [5, 5.41) is 0. The second-order valence-electron chi connectivity index (χ2n) is 8.49. The van der Waals surface area contributed by atoms with Gasteiger partial charge in [0.25, 0.3) is 0 Å². The fourth-order valence-corrected chi connectivity index (χ4v) is 6.48. The first-order chi connectivity index (χ1) is 7.59. The molecule has 4 atom stereocenters. The van der Waals surface area contributed by atoms with E-state index in [9.17, 15) is 0 Å². The first-order valence-electron chi connectivity index (χ1n) is 7.59. The predicted molar refractivity (Wildman–Crippen MR) is 76.0 cm³/mol. The molecular formula is C17H32. The zero-order chi connectivity index (χ0) is 13.3. The van der Waals surface area contributed by atoms with Crippen molar-refractivity contribution in [2.24, 2.45) is 33.5 Å². The van der Waals surface area contributed by atoms with E-state index in [0.717, 1.165) is 11.8 Å². The quantitative estimate of drug-likeness (QED) is 0.592. The van der Waals surface area contributed by atoms with Gasteiger partial charge in [-0.1, -0.05) is 55.4 Å². The molecule has 0 aromatic carbocycles. The van der Waals surface area contributed by atoms with Crippen LogP contribution in [-0.4, -0.2) is 0 Å². The molecule has 3 aliphatic rings. The van der Waals surface area contributed by atoms with Gasteiger partial charge in [0.2, 0.25) is 0 Å². The number of hydrogen-bond donors (Lipinski definition) is 0. The van der Waals surface area contributed by atoms with Gasteiger partial charge in [-0.15, -0.1) is 0 Å². The summed E-state index contributed by atoms with van der Waals surface area (Å²) in [4.78, 5) is 0. The Balaban J connectivity index is 2.56. The van der Waals surface area contributed by atoms with Gasteiger partial charge in [-0.25, -0.2) is 0 Å². The molecule has 3 aliphatic carbocycles. The summed E-state index contributed by atoms with van der Waals surface area (Å²) >= 11 is 0. The van der Waals surface area contributed by atoms with Crippen LogP contribution in [0.15, 0.2) is 0 Å². The van der Waals surface area contributed by atoms with Crippen molar-refractivity contribution in [1.82, 2.24) is 0 Å². The van der Waals surface area contributed by atoms with Crippen LogP contribution in [-0.2, 0) is 0 Å². The third-order valence-corrected chi connectivity index (χ3v) is 7.41. The lowest BCUT2D eigenvalue weighted by molar-refractivity contribution is -0.241. The Morgan fingerprint density at radius 3 is 2.12 bits per heavy atom. The molecule has 100 valence electrons. The molecule has 0 aromatic rings. The van der Waals surface area contributed by atoms with Crippen LogP contribution in [0.3, 0.4) is 0 Å². The zero-order valence-electron chi connectivity index (χ0n) is 13.3. The molecule has 0 heteroatoms. The van der Waals surface area contributed by atoms with Gasteiger partial charge in [0, 0.05) is 0 Å². The van der Waals surface area contributed by atoms with E-state index in [1.165, 1.54) is 19.3 Å². The van der Waals surface area contributed by atoms with Crippen LogP contribution in [0.1, 0.15) is 74.7 Å². The lowest BCUT2D eigenvalue weighted by atomic mass is 9.32. The fraction of sp³-hybridized carbons (Fsp3) is 1.00. The Morgan fingerprint density at radius 2 is 1.76 bits per heavy atom. The van der Waals surface area contributed by atoms with Crippen molar-refractivity contribution < 1.29 is 0 Å². The van der Waals surface area contributed by atoms with Gasteiger partial charge in [0.05, 0.1) is 0 Å². The molecule has 0 spiro atoms. The molecule has 0 saturated heterocycles. The third kappa shape index (κ3) is 1.12. The summed E-state index contributed by atoms with van der Waals surface area (Å²) in [6.45, 7) is 19.9. The Hall–Kier alpha value is 0. The molecule has 4 unspecified atom stereocenters. The number of fused-ring (bicyclic) bond motifs is 1. The average molecular weight is 236 g/mol. The fourth-order valence-electron chi connectivity index (χ4n) is 6.48. The Labute approximate surface area is 109 Å². The minimum absolute atomic E-state index is 0.427. The van der Waals surface area contributed by atoms with E-state index in [-0.39, 0.29) is 0 Å². The van der Waals surface area contributed by atoms with Crippen LogP contribution in [0, 0.1) is 33.5 Å². The molecule has 0 N–H and O–H groups in total. The Morgan fingerprint density at radius 1 is 1.24 bits per heavy atom. The zero-order valence-corrected chi connectivity index (χ0v) is 13.3. The van der Waals surface area contributed by atoms with E-state index in [0.29, 0.717) is 21.7 Å². The van der Waals surface area contributed by atoms with Gasteiger partial charge < -0.3 is 0 Å². The number of hydrogen-bond acceptors (Lipinski definition) is 0. The molecule has 3 fully saturated rings. The summed E-state index contributed by atoms with van der Waals surface area (Å²) in [6, 6.07) is 0. The van der Waals surface area contributed by atoms with E-state index in [4.69, 9.17) is 0 Å². The lowest BCUT2D eigenvalue weighted by Crippen LogP contribution is -2.66. The van der Waals surface area contributed by atoms with Crippen molar-refractivity contribution in [3.05, 3.63) is 0 Å². The highest BCUT2D eigenvalue weighted by molar-refractivity contribution is 5.28. The molecule has 3 rings (SSSR count). The maximum atomic E-state index is 2.61. The highest BCUT2D eigenvalue weighted by Gasteiger charge is 2.80. The van der Waals surface area contributed by atoms with Crippen LogP contribution in [0.25, 0.3) is 0 Å². The van der Waals surface area contributed by atoms with Gasteiger partial charge in [0.1, 0.15) is 0 Å². The number of rotatable bonds is 2. The SMILES string of the molecule is CCC12CC(C)C(C(C)C)(C1)C2(C)C(C)(C)C. The van der Waals surface area contributed by atoms with Crippen LogP contribution >= 0.6 is 0 Å². The first-order valence-corrected chi connectivity index (χ1v) is 7.59. The molecule has 0 heterocycles. The summed E-state index contributed by atoms with van der Waals surface area (Å²) in [7, 11) is 0. The molecule has 0 aliphatic heterocycles. The van der Waals surface area contributed by atoms with Gasteiger partial charge in [-0.05, 0) is 52.8 Å². The van der Waals surface area contributed by atoms with Crippen molar-refractivity contribution in [1.29, 1.82) is 0 Å². The Kier molecular flexibility index (Phi) is 2.61.